The predicted molar refractivity (Wildman–Crippen MR) is 65.6 cm³/mol. The Morgan fingerprint density at radius 2 is 2.17 bits per heavy atom. The van der Waals surface area contributed by atoms with Crippen LogP contribution in [0, 0.1) is 0 Å². The van der Waals surface area contributed by atoms with E-state index >= 15 is 0 Å². The van der Waals surface area contributed by atoms with Gasteiger partial charge in [-0.2, -0.15) is 0 Å². The van der Waals surface area contributed by atoms with E-state index in [0.717, 1.165) is 17.0 Å². The van der Waals surface area contributed by atoms with Crippen molar-refractivity contribution in [1.82, 2.24) is 10.3 Å². The highest BCUT2D eigenvalue weighted by molar-refractivity contribution is 7.89. The van der Waals surface area contributed by atoms with Crippen molar-refractivity contribution in [2.24, 2.45) is 5.14 Å². The average molecular weight is 289 g/mol. The summed E-state index contributed by atoms with van der Waals surface area (Å²) in [5.41, 5.74) is 0.767. The number of aromatic amines is 1. The van der Waals surface area contributed by atoms with E-state index in [1.165, 1.54) is 12.1 Å². The Labute approximate surface area is 107 Å². The van der Waals surface area contributed by atoms with Crippen LogP contribution in [0.3, 0.4) is 0 Å². The molecular weight excluding hydrogens is 278 g/mol. The van der Waals surface area contributed by atoms with Crippen LogP contribution < -0.4 is 15.3 Å². The van der Waals surface area contributed by atoms with Gasteiger partial charge in [-0.1, -0.05) is 11.3 Å². The molecule has 9 heteroatoms. The van der Waals surface area contributed by atoms with Gasteiger partial charge in [0, 0.05) is 17.6 Å². The standard InChI is InChI=1S/C9H11N3O4S2/c10-18(14,15)8-2-1-7(16-8)4-11-3-6-5-17-9(13)12-6/h1-2,5,11H,3-4H2,(H,12,13)(H2,10,14,15). The number of hydrogen-bond donors (Lipinski definition) is 3. The highest BCUT2D eigenvalue weighted by Gasteiger charge is 2.12. The van der Waals surface area contributed by atoms with Crippen molar-refractivity contribution in [2.75, 3.05) is 0 Å². The number of sulfonamides is 1. The van der Waals surface area contributed by atoms with Crippen LogP contribution in [-0.2, 0) is 23.1 Å². The highest BCUT2D eigenvalue weighted by atomic mass is 32.2. The van der Waals surface area contributed by atoms with Gasteiger partial charge in [-0.05, 0) is 12.1 Å². The molecule has 0 saturated carbocycles. The molecule has 0 atom stereocenters. The molecule has 7 nitrogen and oxygen atoms in total. The molecule has 4 N–H and O–H groups in total. The quantitative estimate of drug-likeness (QED) is 0.714. The number of aromatic nitrogens is 1. The minimum atomic E-state index is -3.80. The number of nitrogens with one attached hydrogen (secondary N) is 2. The van der Waals surface area contributed by atoms with Gasteiger partial charge in [0.25, 0.3) is 10.0 Å². The van der Waals surface area contributed by atoms with Crippen molar-refractivity contribution in [3.05, 3.63) is 38.6 Å². The summed E-state index contributed by atoms with van der Waals surface area (Å²) >= 11 is 1.09. The van der Waals surface area contributed by atoms with Gasteiger partial charge in [0.05, 0.1) is 6.54 Å². The van der Waals surface area contributed by atoms with Gasteiger partial charge in [-0.15, -0.1) is 0 Å². The molecule has 0 amide bonds. The fourth-order valence-corrected chi connectivity index (χ4v) is 2.39. The molecule has 98 valence electrons. The van der Waals surface area contributed by atoms with Crippen LogP contribution in [0.2, 0.25) is 0 Å². The fraction of sp³-hybridized carbons (Fsp3) is 0.222. The predicted octanol–water partition coefficient (Wildman–Crippen LogP) is -0.0334. The zero-order valence-corrected chi connectivity index (χ0v) is 10.8. The van der Waals surface area contributed by atoms with Crippen molar-refractivity contribution in [2.45, 2.75) is 18.2 Å². The van der Waals surface area contributed by atoms with E-state index in [4.69, 9.17) is 9.56 Å². The van der Waals surface area contributed by atoms with E-state index in [1.807, 2.05) is 0 Å². The van der Waals surface area contributed by atoms with Crippen molar-refractivity contribution < 1.29 is 12.8 Å². The van der Waals surface area contributed by atoms with E-state index in [-0.39, 0.29) is 9.97 Å². The molecule has 2 aromatic rings. The second-order valence-electron chi connectivity index (χ2n) is 3.54. The zero-order chi connectivity index (χ0) is 13.2. The summed E-state index contributed by atoms with van der Waals surface area (Å²) in [5, 5.41) is 9.37. The molecule has 0 aromatic carbocycles. The maximum atomic E-state index is 11.0. The molecule has 0 fully saturated rings. The third-order valence-electron chi connectivity index (χ3n) is 2.10. The summed E-state index contributed by atoms with van der Waals surface area (Å²) in [5.74, 6) is 0.455. The van der Waals surface area contributed by atoms with Crippen molar-refractivity contribution in [3.8, 4) is 0 Å². The van der Waals surface area contributed by atoms with Crippen LogP contribution in [0.25, 0.3) is 0 Å². The minimum absolute atomic E-state index is 0.110. The maximum Gasteiger partial charge on any atom is 0.304 e. The average Bonchev–Trinajstić information content (AvgIpc) is 2.87. The number of furan rings is 1. The summed E-state index contributed by atoms with van der Waals surface area (Å²) in [6, 6.07) is 2.84. The van der Waals surface area contributed by atoms with Crippen LogP contribution in [-0.4, -0.2) is 13.4 Å². The Kier molecular flexibility index (Phi) is 3.66. The molecule has 0 bridgehead atoms. The van der Waals surface area contributed by atoms with Crippen LogP contribution in [0.15, 0.2) is 31.8 Å². The van der Waals surface area contributed by atoms with Gasteiger partial charge < -0.3 is 14.7 Å². The van der Waals surface area contributed by atoms with Crippen molar-refractivity contribution >= 4 is 21.4 Å². The zero-order valence-electron chi connectivity index (χ0n) is 9.17. The van der Waals surface area contributed by atoms with Crippen molar-refractivity contribution in [3.63, 3.8) is 0 Å². The summed E-state index contributed by atoms with van der Waals surface area (Å²) in [4.78, 5) is 13.4. The van der Waals surface area contributed by atoms with E-state index in [0.29, 0.717) is 18.8 Å². The molecular formula is C9H11N3O4S2. The van der Waals surface area contributed by atoms with Crippen LogP contribution >= 0.6 is 11.3 Å². The van der Waals surface area contributed by atoms with E-state index < -0.39 is 10.0 Å². The van der Waals surface area contributed by atoms with Crippen LogP contribution in [0.1, 0.15) is 11.5 Å². The van der Waals surface area contributed by atoms with E-state index in [2.05, 4.69) is 10.3 Å². The Morgan fingerprint density at radius 1 is 1.39 bits per heavy atom. The molecule has 2 heterocycles. The maximum absolute atomic E-state index is 11.0. The third kappa shape index (κ3) is 3.29. The topological polar surface area (TPSA) is 118 Å². The first-order chi connectivity index (χ1) is 8.45. The normalized spacial score (nSPS) is 11.8. The van der Waals surface area contributed by atoms with Gasteiger partial charge in [-0.3, -0.25) is 4.79 Å². The first-order valence-corrected chi connectivity index (χ1v) is 7.36. The lowest BCUT2D eigenvalue weighted by atomic mass is 10.4. The van der Waals surface area contributed by atoms with Gasteiger partial charge in [0.1, 0.15) is 5.76 Å². The summed E-state index contributed by atoms with van der Waals surface area (Å²) in [7, 11) is -3.80. The summed E-state index contributed by atoms with van der Waals surface area (Å²) < 4.78 is 27.0. The summed E-state index contributed by atoms with van der Waals surface area (Å²) in [6.45, 7) is 0.803. The fourth-order valence-electron chi connectivity index (χ4n) is 1.33. The van der Waals surface area contributed by atoms with Gasteiger partial charge >= 0.3 is 4.87 Å². The van der Waals surface area contributed by atoms with Crippen molar-refractivity contribution in [1.29, 1.82) is 0 Å². The lowest BCUT2D eigenvalue weighted by Gasteiger charge is -1.99. The molecule has 2 aromatic heterocycles. The molecule has 0 radical (unpaired) electrons. The van der Waals surface area contributed by atoms with Gasteiger partial charge in [0.15, 0.2) is 0 Å². The Hall–Kier alpha value is -1.42. The molecule has 0 aliphatic rings. The number of primary sulfonamides is 1. The SMILES string of the molecule is NS(=O)(=O)c1ccc(CNCc2csc(=O)[nH]2)o1. The smallest absolute Gasteiger partial charge is 0.304 e. The highest BCUT2D eigenvalue weighted by Crippen LogP contribution is 2.11. The van der Waals surface area contributed by atoms with Crippen LogP contribution in [0.4, 0.5) is 0 Å². The van der Waals surface area contributed by atoms with Crippen LogP contribution in [0.5, 0.6) is 0 Å². The molecule has 0 saturated heterocycles. The molecule has 18 heavy (non-hydrogen) atoms. The van der Waals surface area contributed by atoms with Gasteiger partial charge in [0.2, 0.25) is 5.09 Å². The van der Waals surface area contributed by atoms with E-state index in [1.54, 1.807) is 5.38 Å². The number of thiazole rings is 1. The molecule has 2 rings (SSSR count). The van der Waals surface area contributed by atoms with E-state index in [9.17, 15) is 13.2 Å². The third-order valence-corrected chi connectivity index (χ3v) is 3.60. The molecule has 0 aliphatic carbocycles. The number of rotatable bonds is 5. The second kappa shape index (κ2) is 5.06. The Morgan fingerprint density at radius 3 is 2.72 bits per heavy atom. The summed E-state index contributed by atoms with van der Waals surface area (Å²) in [6.07, 6.45) is 0. The first-order valence-electron chi connectivity index (χ1n) is 4.94. The largest absolute Gasteiger partial charge is 0.447 e. The Balaban J connectivity index is 1.91. The van der Waals surface area contributed by atoms with Gasteiger partial charge in [-0.25, -0.2) is 13.6 Å². The molecule has 0 unspecified atom stereocenters. The molecule has 0 spiro atoms. The number of nitrogens with two attached hydrogens (primary N) is 1. The monoisotopic (exact) mass is 289 g/mol. The lowest BCUT2D eigenvalue weighted by molar-refractivity contribution is 0.402. The minimum Gasteiger partial charge on any atom is -0.447 e. The second-order valence-corrected chi connectivity index (χ2v) is 5.88. The number of H-pyrrole nitrogens is 1. The lowest BCUT2D eigenvalue weighted by Crippen LogP contribution is -2.13. The Bertz CT molecular complexity index is 682. The number of hydrogen-bond acceptors (Lipinski definition) is 6. The first kappa shape index (κ1) is 13.0. The molecule has 0 aliphatic heterocycles.